The summed E-state index contributed by atoms with van der Waals surface area (Å²) in [6.45, 7) is 7.38. The van der Waals surface area contributed by atoms with Gasteiger partial charge >= 0.3 is 0 Å². The molecule has 0 radical (unpaired) electrons. The van der Waals surface area contributed by atoms with Crippen LogP contribution in [0.25, 0.3) is 0 Å². The molecule has 1 aliphatic carbocycles. The fourth-order valence-corrected chi connectivity index (χ4v) is 3.07. The Kier molecular flexibility index (Phi) is 3.91. The fourth-order valence-electron chi connectivity index (χ4n) is 3.07. The molecule has 0 amide bonds. The Morgan fingerprint density at radius 2 is 1.44 bits per heavy atom. The van der Waals surface area contributed by atoms with E-state index in [1.54, 1.807) is 0 Å². The van der Waals surface area contributed by atoms with Crippen LogP contribution in [0.2, 0.25) is 0 Å². The molecule has 1 N–H and O–H groups in total. The number of rotatable bonds is 2. The second-order valence-corrected chi connectivity index (χ2v) is 6.68. The zero-order valence-corrected chi connectivity index (χ0v) is 11.3. The molecule has 2 nitrogen and oxygen atoms in total. The molecule has 2 rings (SSSR count). The first-order chi connectivity index (χ1) is 7.55. The molecule has 1 heterocycles. The zero-order chi connectivity index (χ0) is 11.6. The minimum Gasteiger partial charge on any atom is -0.311 e. The summed E-state index contributed by atoms with van der Waals surface area (Å²) in [5.74, 6) is 0. The van der Waals surface area contributed by atoms with Crippen molar-refractivity contribution in [1.82, 2.24) is 10.2 Å². The molecule has 0 aromatic heterocycles. The molecule has 2 heteroatoms. The van der Waals surface area contributed by atoms with Gasteiger partial charge in [-0.15, -0.1) is 0 Å². The zero-order valence-electron chi connectivity index (χ0n) is 11.3. The predicted molar refractivity (Wildman–Crippen MR) is 69.7 cm³/mol. The van der Waals surface area contributed by atoms with Crippen LogP contribution >= 0.6 is 0 Å². The van der Waals surface area contributed by atoms with Crippen molar-refractivity contribution < 1.29 is 0 Å². The first-order valence-corrected chi connectivity index (χ1v) is 7.00. The Balaban J connectivity index is 1.71. The minimum absolute atomic E-state index is 0.602. The van der Waals surface area contributed by atoms with Crippen molar-refractivity contribution in [2.75, 3.05) is 20.1 Å². The summed E-state index contributed by atoms with van der Waals surface area (Å²) in [5, 5.41) is 3.89. The van der Waals surface area contributed by atoms with Crippen LogP contribution in [-0.4, -0.2) is 37.1 Å². The van der Waals surface area contributed by atoms with E-state index < -0.39 is 0 Å². The highest BCUT2D eigenvalue weighted by atomic mass is 15.1. The van der Waals surface area contributed by atoms with Gasteiger partial charge in [-0.1, -0.05) is 13.8 Å². The van der Waals surface area contributed by atoms with Gasteiger partial charge in [0.1, 0.15) is 0 Å². The quantitative estimate of drug-likeness (QED) is 0.776. The second kappa shape index (κ2) is 5.05. The lowest BCUT2D eigenvalue weighted by Crippen LogP contribution is -2.46. The topological polar surface area (TPSA) is 15.3 Å². The molecule has 0 bridgehead atoms. The summed E-state index contributed by atoms with van der Waals surface area (Å²) in [7, 11) is 2.24. The van der Waals surface area contributed by atoms with Gasteiger partial charge in [-0.25, -0.2) is 0 Å². The van der Waals surface area contributed by atoms with Crippen molar-refractivity contribution >= 4 is 0 Å². The van der Waals surface area contributed by atoms with Gasteiger partial charge in [0.15, 0.2) is 0 Å². The van der Waals surface area contributed by atoms with E-state index in [0.717, 1.165) is 12.1 Å². The van der Waals surface area contributed by atoms with Crippen molar-refractivity contribution in [1.29, 1.82) is 0 Å². The van der Waals surface area contributed by atoms with Gasteiger partial charge in [-0.2, -0.15) is 0 Å². The van der Waals surface area contributed by atoms with Crippen LogP contribution < -0.4 is 5.32 Å². The summed E-state index contributed by atoms with van der Waals surface area (Å²) in [4.78, 5) is 2.45. The number of piperidine rings is 1. The molecule has 0 aromatic rings. The Labute approximate surface area is 101 Å². The van der Waals surface area contributed by atoms with Gasteiger partial charge in [-0.05, 0) is 64.1 Å². The normalized spacial score (nSPS) is 29.4. The van der Waals surface area contributed by atoms with E-state index in [1.165, 1.54) is 51.6 Å². The largest absolute Gasteiger partial charge is 0.311 e. The maximum absolute atomic E-state index is 3.89. The summed E-state index contributed by atoms with van der Waals surface area (Å²) in [6, 6.07) is 1.60. The summed E-state index contributed by atoms with van der Waals surface area (Å²) in [5.41, 5.74) is 0.602. The molecule has 16 heavy (non-hydrogen) atoms. The third-order valence-electron chi connectivity index (χ3n) is 4.53. The van der Waals surface area contributed by atoms with Crippen LogP contribution in [0.4, 0.5) is 0 Å². The number of nitrogens with zero attached hydrogens (tertiary/aromatic N) is 1. The average molecular weight is 224 g/mol. The van der Waals surface area contributed by atoms with E-state index in [0.29, 0.717) is 5.41 Å². The smallest absolute Gasteiger partial charge is 0.00939 e. The highest BCUT2D eigenvalue weighted by Gasteiger charge is 2.28. The van der Waals surface area contributed by atoms with Gasteiger partial charge in [-0.3, -0.25) is 0 Å². The van der Waals surface area contributed by atoms with E-state index in [9.17, 15) is 0 Å². The highest BCUT2D eigenvalue weighted by Crippen LogP contribution is 2.35. The van der Waals surface area contributed by atoms with Crippen molar-refractivity contribution in [2.24, 2.45) is 5.41 Å². The number of hydrogen-bond acceptors (Lipinski definition) is 2. The molecule has 0 spiro atoms. The molecule has 1 aliphatic heterocycles. The van der Waals surface area contributed by atoms with Crippen LogP contribution in [0.15, 0.2) is 0 Å². The van der Waals surface area contributed by atoms with Crippen LogP contribution in [0, 0.1) is 5.41 Å². The SMILES string of the molecule is CN1CCC(NC2CCC(C)(C)CC2)CC1. The molecule has 0 atom stereocenters. The van der Waals surface area contributed by atoms with Gasteiger partial charge in [0.05, 0.1) is 0 Å². The third kappa shape index (κ3) is 3.46. The van der Waals surface area contributed by atoms with Gasteiger partial charge in [0, 0.05) is 12.1 Å². The van der Waals surface area contributed by atoms with Gasteiger partial charge in [0.2, 0.25) is 0 Å². The van der Waals surface area contributed by atoms with E-state index in [1.807, 2.05) is 0 Å². The molecule has 2 fully saturated rings. The molecular weight excluding hydrogens is 196 g/mol. The van der Waals surface area contributed by atoms with Crippen molar-refractivity contribution in [3.63, 3.8) is 0 Å². The first-order valence-electron chi connectivity index (χ1n) is 7.00. The second-order valence-electron chi connectivity index (χ2n) is 6.68. The standard InChI is InChI=1S/C14H28N2/c1-14(2)8-4-12(5-9-14)15-13-6-10-16(3)11-7-13/h12-13,15H,4-11H2,1-3H3. The lowest BCUT2D eigenvalue weighted by Gasteiger charge is -2.38. The van der Waals surface area contributed by atoms with Crippen molar-refractivity contribution in [3.05, 3.63) is 0 Å². The maximum Gasteiger partial charge on any atom is 0.00939 e. The van der Waals surface area contributed by atoms with Gasteiger partial charge in [0.25, 0.3) is 0 Å². The van der Waals surface area contributed by atoms with Crippen LogP contribution in [-0.2, 0) is 0 Å². The third-order valence-corrected chi connectivity index (χ3v) is 4.53. The van der Waals surface area contributed by atoms with E-state index in [2.05, 4.69) is 31.1 Å². The molecule has 2 aliphatic rings. The Morgan fingerprint density at radius 1 is 0.938 bits per heavy atom. The average Bonchev–Trinajstić information content (AvgIpc) is 2.24. The summed E-state index contributed by atoms with van der Waals surface area (Å²) >= 11 is 0. The van der Waals surface area contributed by atoms with Crippen LogP contribution in [0.5, 0.6) is 0 Å². The predicted octanol–water partition coefficient (Wildman–Crippen LogP) is 2.64. The molecular formula is C14H28N2. The monoisotopic (exact) mass is 224 g/mol. The molecule has 94 valence electrons. The Hall–Kier alpha value is -0.0800. The molecule has 1 saturated carbocycles. The van der Waals surface area contributed by atoms with Crippen LogP contribution in [0.1, 0.15) is 52.4 Å². The highest BCUT2D eigenvalue weighted by molar-refractivity contribution is 4.85. The Morgan fingerprint density at radius 3 is 2.00 bits per heavy atom. The molecule has 0 aromatic carbocycles. The summed E-state index contributed by atoms with van der Waals surface area (Å²) in [6.07, 6.45) is 8.26. The summed E-state index contributed by atoms with van der Waals surface area (Å²) < 4.78 is 0. The van der Waals surface area contributed by atoms with E-state index in [-0.39, 0.29) is 0 Å². The van der Waals surface area contributed by atoms with E-state index in [4.69, 9.17) is 0 Å². The van der Waals surface area contributed by atoms with Crippen molar-refractivity contribution in [3.8, 4) is 0 Å². The minimum atomic E-state index is 0.602. The molecule has 1 saturated heterocycles. The van der Waals surface area contributed by atoms with Crippen LogP contribution in [0.3, 0.4) is 0 Å². The lowest BCUT2D eigenvalue weighted by atomic mass is 9.75. The van der Waals surface area contributed by atoms with Crippen molar-refractivity contribution in [2.45, 2.75) is 64.5 Å². The fraction of sp³-hybridized carbons (Fsp3) is 1.00. The van der Waals surface area contributed by atoms with Gasteiger partial charge < -0.3 is 10.2 Å². The number of likely N-dealkylation sites (tertiary alicyclic amines) is 1. The maximum atomic E-state index is 3.89. The number of nitrogens with one attached hydrogen (secondary N) is 1. The first kappa shape index (κ1) is 12.4. The number of hydrogen-bond donors (Lipinski definition) is 1. The lowest BCUT2D eigenvalue weighted by molar-refractivity contribution is 0.173. The Bertz CT molecular complexity index is 207. The van der Waals surface area contributed by atoms with E-state index >= 15 is 0 Å². The molecule has 0 unspecified atom stereocenters.